The molecule has 0 spiro atoms. The number of anilines is 1. The van der Waals surface area contributed by atoms with Gasteiger partial charge in [-0.2, -0.15) is 9.97 Å². The summed E-state index contributed by atoms with van der Waals surface area (Å²) in [4.78, 5) is 8.83. The summed E-state index contributed by atoms with van der Waals surface area (Å²) >= 11 is 0. The van der Waals surface area contributed by atoms with E-state index in [4.69, 9.17) is 4.74 Å². The maximum absolute atomic E-state index is 13.1. The number of ether oxygens (including phenoxy) is 1. The smallest absolute Gasteiger partial charge is 0.322 e. The van der Waals surface area contributed by atoms with Crippen molar-refractivity contribution < 1.29 is 13.2 Å². The molecule has 6 nitrogen and oxygen atoms in total. The first-order valence-corrected chi connectivity index (χ1v) is 10.5. The second-order valence-corrected chi connectivity index (χ2v) is 8.20. The van der Waals surface area contributed by atoms with Crippen LogP contribution in [0.3, 0.4) is 0 Å². The van der Waals surface area contributed by atoms with Gasteiger partial charge in [-0.1, -0.05) is 54.6 Å². The number of fused-ring (bicyclic) bond motifs is 1. The lowest BCUT2D eigenvalue weighted by molar-refractivity contribution is 0.439. The molecule has 0 bridgehead atoms. The molecule has 0 fully saturated rings. The molecule has 0 aliphatic carbocycles. The van der Waals surface area contributed by atoms with Crippen LogP contribution in [-0.2, 0) is 10.0 Å². The van der Waals surface area contributed by atoms with E-state index in [0.717, 1.165) is 5.39 Å². The number of para-hydroxylation sites is 1. The molecule has 29 heavy (non-hydrogen) atoms. The van der Waals surface area contributed by atoms with Gasteiger partial charge in [0.05, 0.1) is 22.0 Å². The molecule has 0 unspecified atom stereocenters. The van der Waals surface area contributed by atoms with Gasteiger partial charge >= 0.3 is 6.01 Å². The van der Waals surface area contributed by atoms with Crippen LogP contribution in [0.2, 0.25) is 0 Å². The van der Waals surface area contributed by atoms with Crippen LogP contribution in [0.4, 0.5) is 5.69 Å². The van der Waals surface area contributed by atoms with Gasteiger partial charge in [0, 0.05) is 5.39 Å². The standard InChI is InChI=1S/C22H19N3O3S/c1-15-21(16(2)24-22(23-15)28-18-11-4-3-5-12-18)25-29(26,27)20-14-8-10-17-9-6-7-13-19(17)20/h3-14,25H,1-2H3. The number of hydrogen-bond acceptors (Lipinski definition) is 5. The van der Waals surface area contributed by atoms with Gasteiger partial charge in [-0.05, 0) is 37.4 Å². The number of sulfonamides is 1. The highest BCUT2D eigenvalue weighted by Gasteiger charge is 2.21. The van der Waals surface area contributed by atoms with E-state index >= 15 is 0 Å². The van der Waals surface area contributed by atoms with Crippen molar-refractivity contribution in [2.24, 2.45) is 0 Å². The minimum absolute atomic E-state index is 0.166. The molecule has 0 atom stereocenters. The van der Waals surface area contributed by atoms with E-state index in [1.54, 1.807) is 44.2 Å². The normalized spacial score (nSPS) is 11.4. The van der Waals surface area contributed by atoms with E-state index in [9.17, 15) is 8.42 Å². The number of aromatic nitrogens is 2. The van der Waals surface area contributed by atoms with Gasteiger partial charge in [-0.25, -0.2) is 8.42 Å². The summed E-state index contributed by atoms with van der Waals surface area (Å²) in [5, 5.41) is 1.51. The molecule has 0 amide bonds. The van der Waals surface area contributed by atoms with Gasteiger partial charge in [-0.3, -0.25) is 4.72 Å². The van der Waals surface area contributed by atoms with Crippen molar-refractivity contribution in [3.8, 4) is 11.8 Å². The zero-order valence-corrected chi connectivity index (χ0v) is 16.8. The molecule has 146 valence electrons. The van der Waals surface area contributed by atoms with E-state index in [1.807, 2.05) is 42.5 Å². The number of nitrogens with one attached hydrogen (secondary N) is 1. The molecule has 0 saturated carbocycles. The maximum Gasteiger partial charge on any atom is 0.322 e. The first kappa shape index (κ1) is 18.9. The summed E-state index contributed by atoms with van der Waals surface area (Å²) < 4.78 is 34.5. The quantitative estimate of drug-likeness (QED) is 0.514. The van der Waals surface area contributed by atoms with Crippen molar-refractivity contribution in [2.75, 3.05) is 4.72 Å². The Balaban J connectivity index is 1.68. The van der Waals surface area contributed by atoms with E-state index in [-0.39, 0.29) is 10.9 Å². The lowest BCUT2D eigenvalue weighted by Gasteiger charge is -2.14. The van der Waals surface area contributed by atoms with Crippen molar-refractivity contribution in [3.63, 3.8) is 0 Å². The van der Waals surface area contributed by atoms with Crippen LogP contribution >= 0.6 is 0 Å². The molecule has 4 rings (SSSR count). The van der Waals surface area contributed by atoms with Crippen LogP contribution in [-0.4, -0.2) is 18.4 Å². The summed E-state index contributed by atoms with van der Waals surface area (Å²) in [5.41, 5.74) is 1.30. The number of rotatable bonds is 5. The van der Waals surface area contributed by atoms with Crippen molar-refractivity contribution in [2.45, 2.75) is 18.7 Å². The second-order valence-electron chi connectivity index (χ2n) is 6.55. The average Bonchev–Trinajstić information content (AvgIpc) is 2.71. The monoisotopic (exact) mass is 405 g/mol. The summed E-state index contributed by atoms with van der Waals surface area (Å²) in [7, 11) is -3.83. The topological polar surface area (TPSA) is 81.2 Å². The highest BCUT2D eigenvalue weighted by Crippen LogP contribution is 2.28. The van der Waals surface area contributed by atoms with E-state index in [2.05, 4.69) is 14.7 Å². The summed E-state index contributed by atoms with van der Waals surface area (Å²) in [6.45, 7) is 3.43. The Morgan fingerprint density at radius 2 is 1.41 bits per heavy atom. The van der Waals surface area contributed by atoms with E-state index in [0.29, 0.717) is 28.2 Å². The molecule has 1 N–H and O–H groups in total. The number of benzene rings is 3. The minimum Gasteiger partial charge on any atom is -0.424 e. The highest BCUT2D eigenvalue weighted by atomic mass is 32.2. The van der Waals surface area contributed by atoms with Crippen molar-refractivity contribution in [1.29, 1.82) is 0 Å². The average molecular weight is 405 g/mol. The van der Waals surface area contributed by atoms with Crippen LogP contribution < -0.4 is 9.46 Å². The Kier molecular flexibility index (Phi) is 4.90. The molecule has 0 saturated heterocycles. The van der Waals surface area contributed by atoms with Crippen molar-refractivity contribution >= 4 is 26.5 Å². The van der Waals surface area contributed by atoms with Crippen LogP contribution in [0.25, 0.3) is 10.8 Å². The van der Waals surface area contributed by atoms with Gasteiger partial charge in [0.25, 0.3) is 10.0 Å². The molecule has 3 aromatic carbocycles. The highest BCUT2D eigenvalue weighted by molar-refractivity contribution is 7.93. The van der Waals surface area contributed by atoms with Gasteiger partial charge in [0.15, 0.2) is 0 Å². The minimum atomic E-state index is -3.83. The third-order valence-electron chi connectivity index (χ3n) is 4.48. The first-order valence-electron chi connectivity index (χ1n) is 9.03. The molecule has 0 aliphatic rings. The Morgan fingerprint density at radius 1 is 0.793 bits per heavy atom. The Hall–Kier alpha value is -3.45. The maximum atomic E-state index is 13.1. The molecule has 4 aromatic rings. The molecular weight excluding hydrogens is 386 g/mol. The fourth-order valence-corrected chi connectivity index (χ4v) is 4.50. The Bertz CT molecular complexity index is 1260. The predicted octanol–water partition coefficient (Wildman–Crippen LogP) is 4.84. The van der Waals surface area contributed by atoms with Crippen molar-refractivity contribution in [1.82, 2.24) is 9.97 Å². The third kappa shape index (κ3) is 3.90. The summed E-state index contributed by atoms with van der Waals surface area (Å²) in [6.07, 6.45) is 0. The molecular formula is C22H19N3O3S. The van der Waals surface area contributed by atoms with E-state index in [1.165, 1.54) is 0 Å². The SMILES string of the molecule is Cc1nc(Oc2ccccc2)nc(C)c1NS(=O)(=O)c1cccc2ccccc12. The Labute approximate surface area is 169 Å². The van der Waals surface area contributed by atoms with Gasteiger partial charge < -0.3 is 4.74 Å². The van der Waals surface area contributed by atoms with Crippen LogP contribution in [0, 0.1) is 13.8 Å². The zero-order valence-electron chi connectivity index (χ0n) is 16.0. The molecule has 7 heteroatoms. The van der Waals surface area contributed by atoms with Gasteiger partial charge in [0.1, 0.15) is 5.75 Å². The summed E-state index contributed by atoms with van der Waals surface area (Å²) in [6, 6.07) is 21.9. The van der Waals surface area contributed by atoms with Crippen LogP contribution in [0.5, 0.6) is 11.8 Å². The molecule has 0 aliphatic heterocycles. The second kappa shape index (κ2) is 7.52. The number of nitrogens with zero attached hydrogens (tertiary/aromatic N) is 2. The fourth-order valence-electron chi connectivity index (χ4n) is 3.09. The Morgan fingerprint density at radius 3 is 2.14 bits per heavy atom. The number of aryl methyl sites for hydroxylation is 2. The zero-order chi connectivity index (χ0) is 20.4. The largest absolute Gasteiger partial charge is 0.424 e. The molecule has 1 aromatic heterocycles. The lowest BCUT2D eigenvalue weighted by Crippen LogP contribution is -2.16. The van der Waals surface area contributed by atoms with Crippen LogP contribution in [0.1, 0.15) is 11.4 Å². The molecule has 1 heterocycles. The summed E-state index contributed by atoms with van der Waals surface area (Å²) in [5.74, 6) is 0.607. The fraction of sp³-hybridized carbons (Fsp3) is 0.0909. The van der Waals surface area contributed by atoms with Crippen molar-refractivity contribution in [3.05, 3.63) is 84.2 Å². The predicted molar refractivity (Wildman–Crippen MR) is 113 cm³/mol. The van der Waals surface area contributed by atoms with E-state index < -0.39 is 10.0 Å². The van der Waals surface area contributed by atoms with Gasteiger partial charge in [-0.15, -0.1) is 0 Å². The number of hydrogen-bond donors (Lipinski definition) is 1. The lowest BCUT2D eigenvalue weighted by atomic mass is 10.1. The molecule has 0 radical (unpaired) electrons. The van der Waals surface area contributed by atoms with Crippen LogP contribution in [0.15, 0.2) is 77.7 Å². The first-order chi connectivity index (χ1) is 13.9. The van der Waals surface area contributed by atoms with Gasteiger partial charge in [0.2, 0.25) is 0 Å². The third-order valence-corrected chi connectivity index (χ3v) is 5.89.